The molecule has 6 aromatic carbocycles. The third-order valence-electron chi connectivity index (χ3n) is 13.5. The highest BCUT2D eigenvalue weighted by atomic mass is 79.9. The Morgan fingerprint density at radius 2 is 0.735 bits per heavy atom. The van der Waals surface area contributed by atoms with Gasteiger partial charge in [0.15, 0.2) is 6.73 Å². The molecule has 1 unspecified atom stereocenters. The van der Waals surface area contributed by atoms with E-state index in [-0.39, 0.29) is 19.5 Å². The Hall–Kier alpha value is -5.55. The molecular weight excluding hydrogens is 1570 g/mol. The summed E-state index contributed by atoms with van der Waals surface area (Å²) < 4.78 is 89.0. The fourth-order valence-corrected chi connectivity index (χ4v) is 15.8. The lowest BCUT2D eigenvalue weighted by Gasteiger charge is -2.30. The van der Waals surface area contributed by atoms with Gasteiger partial charge in [-0.2, -0.15) is 15.3 Å². The smallest absolute Gasteiger partial charge is 0.378 e. The molecule has 1 atom stereocenters. The molecule has 0 bridgehead atoms. The van der Waals surface area contributed by atoms with E-state index in [0.29, 0.717) is 0 Å². The summed E-state index contributed by atoms with van der Waals surface area (Å²) in [6, 6.07) is 54.7. The molecule has 9 rings (SSSR count). The molecule has 0 aliphatic rings. The van der Waals surface area contributed by atoms with E-state index in [4.69, 9.17) is 58.0 Å². The summed E-state index contributed by atoms with van der Waals surface area (Å²) >= 11 is 15.9. The van der Waals surface area contributed by atoms with Gasteiger partial charge >= 0.3 is 23.2 Å². The summed E-state index contributed by atoms with van der Waals surface area (Å²) in [5, 5.41) is 17.0. The van der Waals surface area contributed by atoms with Crippen molar-refractivity contribution in [3.63, 3.8) is 0 Å². The lowest BCUT2D eigenvalue weighted by Crippen LogP contribution is -2.25. The van der Waals surface area contributed by atoms with E-state index in [9.17, 15) is 13.7 Å². The molecule has 0 saturated carbocycles. The van der Waals surface area contributed by atoms with Crippen molar-refractivity contribution in [2.75, 3.05) is 69.7 Å². The van der Waals surface area contributed by atoms with Crippen LogP contribution in [0.2, 0.25) is 0 Å². The van der Waals surface area contributed by atoms with Gasteiger partial charge in [0, 0.05) is 107 Å². The van der Waals surface area contributed by atoms with Crippen LogP contribution in [0.4, 0.5) is 17.1 Å². The molecule has 0 saturated heterocycles. The standard InChI is InChI=1S/C26H35BrN3O4P.C23H29BrN3O3P.C17H16BrN3.C9H20ClO4P/c1-25(2,3)33-35(31,34-26(4,5)6)32-18-30-24(20-10-9-11-21(27)16-20)17-23(28-30)19-12-14-22(15-13-19)29(7)8;1-23(2,3)30-31(6,28)29-16-27-22(17-10-12-20(13-11-17)26(4)5)15-21(25-27)18-8-7-9-19(24)14-18;1-21(2)15-8-6-12(7-9-15)16-11-17(20-19-16)13-4-3-5-14(18)10-13;1-8(2,3)13-15(11,12-7-10)14-9(4,5)6/h9-17H,18H2,1-8H3;7-15H,16H2,1-6H3;3-11H,1-2H3,(H,19,20);7H2,1-6H3. The monoisotopic (exact) mass is 1670 g/mol. The van der Waals surface area contributed by atoms with Gasteiger partial charge in [0.1, 0.15) is 12.8 Å². The van der Waals surface area contributed by atoms with Crippen LogP contribution in [-0.4, -0.2) is 113 Å². The quantitative estimate of drug-likeness (QED) is 0.0496. The molecule has 0 spiro atoms. The third kappa shape index (κ3) is 28.7. The van der Waals surface area contributed by atoms with Crippen molar-refractivity contribution in [3.8, 4) is 67.5 Å². The van der Waals surface area contributed by atoms with Crippen LogP contribution >= 0.6 is 82.6 Å². The van der Waals surface area contributed by atoms with E-state index < -0.39 is 51.2 Å². The van der Waals surface area contributed by atoms with Crippen LogP contribution in [0.3, 0.4) is 0 Å². The van der Waals surface area contributed by atoms with Crippen LogP contribution in [0.1, 0.15) is 104 Å². The molecule has 3 aromatic heterocycles. The maximum Gasteiger partial charge on any atom is 0.477 e. The zero-order valence-corrected chi connectivity index (χ0v) is 70.8. The van der Waals surface area contributed by atoms with E-state index in [1.165, 1.54) is 12.4 Å². The Morgan fingerprint density at radius 1 is 0.402 bits per heavy atom. The summed E-state index contributed by atoms with van der Waals surface area (Å²) in [4.78, 5) is 6.18. The van der Waals surface area contributed by atoms with Gasteiger partial charge in [-0.3, -0.25) is 41.3 Å². The first-order valence-electron chi connectivity index (χ1n) is 32.8. The number of hydrogen-bond donors (Lipinski definition) is 1. The number of alkyl halides is 1. The van der Waals surface area contributed by atoms with Crippen molar-refractivity contribution in [1.82, 2.24) is 29.8 Å². The van der Waals surface area contributed by atoms with Crippen molar-refractivity contribution >= 4 is 99.7 Å². The van der Waals surface area contributed by atoms with Crippen molar-refractivity contribution < 1.29 is 49.9 Å². The number of rotatable bonds is 22. The molecule has 102 heavy (non-hydrogen) atoms. The number of H-pyrrole nitrogens is 1. The van der Waals surface area contributed by atoms with E-state index in [1.807, 2.05) is 224 Å². The average Bonchev–Trinajstić information content (AvgIpc) is 1.66. The highest BCUT2D eigenvalue weighted by molar-refractivity contribution is 9.11. The Morgan fingerprint density at radius 3 is 1.12 bits per heavy atom. The number of nitrogens with zero attached hydrogens (tertiary/aromatic N) is 8. The van der Waals surface area contributed by atoms with Gasteiger partial charge < -0.3 is 19.2 Å². The molecule has 3 heterocycles. The van der Waals surface area contributed by atoms with Gasteiger partial charge in [-0.25, -0.2) is 18.5 Å². The summed E-state index contributed by atoms with van der Waals surface area (Å²) in [5.74, 6) is 0. The first kappa shape index (κ1) is 85.4. The van der Waals surface area contributed by atoms with E-state index in [0.717, 1.165) is 92.3 Å². The molecule has 554 valence electrons. The van der Waals surface area contributed by atoms with Crippen molar-refractivity contribution in [1.29, 1.82) is 0 Å². The number of nitrogens with one attached hydrogen (secondary N) is 1. The zero-order valence-electron chi connectivity index (χ0n) is 62.6. The Kier molecular flexibility index (Phi) is 30.3. The number of phosphoric acid groups is 2. The van der Waals surface area contributed by atoms with Gasteiger partial charge in [-0.05, 0) is 200 Å². The van der Waals surface area contributed by atoms with E-state index >= 15 is 0 Å². The van der Waals surface area contributed by atoms with Gasteiger partial charge in [-0.15, -0.1) is 0 Å². The Labute approximate surface area is 634 Å². The maximum atomic E-state index is 13.6. The van der Waals surface area contributed by atoms with Crippen LogP contribution in [0.25, 0.3) is 67.5 Å². The fraction of sp³-hybridized carbons (Fsp3) is 0.400. The fourth-order valence-electron chi connectivity index (χ4n) is 9.49. The van der Waals surface area contributed by atoms with E-state index in [1.54, 1.807) is 50.9 Å². The number of aromatic nitrogens is 6. The van der Waals surface area contributed by atoms with Crippen LogP contribution in [0, 0.1) is 0 Å². The molecule has 0 radical (unpaired) electrons. The normalized spacial score (nSPS) is 12.8. The Balaban J connectivity index is 0.000000223. The highest BCUT2D eigenvalue weighted by Crippen LogP contribution is 2.57. The van der Waals surface area contributed by atoms with Gasteiger partial charge in [0.05, 0.1) is 62.2 Å². The molecule has 0 aliphatic carbocycles. The van der Waals surface area contributed by atoms with Crippen molar-refractivity contribution in [3.05, 3.63) is 177 Å². The lowest BCUT2D eigenvalue weighted by molar-refractivity contribution is -0.00754. The van der Waals surface area contributed by atoms with Crippen molar-refractivity contribution in [2.45, 2.75) is 145 Å². The first-order chi connectivity index (χ1) is 47.2. The Bertz CT molecular complexity index is 4270. The molecule has 27 heteroatoms. The maximum absolute atomic E-state index is 13.6. The number of halogens is 4. The van der Waals surface area contributed by atoms with Crippen LogP contribution in [0.5, 0.6) is 0 Å². The summed E-state index contributed by atoms with van der Waals surface area (Å²) in [7, 11) is 1.34. The topological polar surface area (TPSA) is 199 Å². The van der Waals surface area contributed by atoms with E-state index in [2.05, 4.69) is 117 Å². The summed E-state index contributed by atoms with van der Waals surface area (Å²) in [6.45, 7) is 28.4. The number of benzene rings is 6. The summed E-state index contributed by atoms with van der Waals surface area (Å²) in [6.07, 6.45) is 0. The molecule has 0 aliphatic heterocycles. The van der Waals surface area contributed by atoms with Gasteiger partial charge in [0.25, 0.3) is 0 Å². The SMILES string of the molecule is CC(C)(C)OP(=O)(OCCl)OC(C)(C)C.CN(C)c1ccc(-c2cc(-c3cccc(Br)c3)n(COP(=O)(OC(C)(C)C)OC(C)(C)C)n2)cc1.CN(C)c1ccc(-c2cc(-c3cccc(Br)c3)n[nH]2)cc1.CN(C)c1ccc(-c2cc(-c3cccc(Br)c3)nn2COP(C)(=O)OC(C)(C)C)cc1. The lowest BCUT2D eigenvalue weighted by atomic mass is 10.1. The second kappa shape index (κ2) is 36.2. The summed E-state index contributed by atoms with van der Waals surface area (Å²) in [5.41, 5.74) is 11.5. The highest BCUT2D eigenvalue weighted by Gasteiger charge is 2.39. The molecule has 0 amide bonds. The van der Waals surface area contributed by atoms with Crippen LogP contribution < -0.4 is 14.7 Å². The largest absolute Gasteiger partial charge is 0.477 e. The number of aromatic amines is 1. The van der Waals surface area contributed by atoms with Crippen LogP contribution in [-0.2, 0) is 63.3 Å². The average molecular weight is 1670 g/mol. The number of hydrogen-bond acceptors (Lipinski definition) is 17. The van der Waals surface area contributed by atoms with Crippen molar-refractivity contribution in [2.24, 2.45) is 0 Å². The number of anilines is 3. The molecule has 0 fully saturated rings. The molecule has 9 aromatic rings. The third-order valence-corrected chi connectivity index (χ3v) is 20.7. The predicted octanol–water partition coefficient (Wildman–Crippen LogP) is 22.9. The first-order valence-corrected chi connectivity index (χ1v) is 40.6. The van der Waals surface area contributed by atoms with Gasteiger partial charge in [-0.1, -0.05) is 132 Å². The minimum Gasteiger partial charge on any atom is -0.378 e. The zero-order chi connectivity index (χ0) is 76.0. The second-order valence-corrected chi connectivity index (χ2v) is 37.3. The molecular formula is C75H100Br3ClN9O11P3. The molecule has 1 N–H and O–H groups in total. The number of phosphoric ester groups is 2. The second-order valence-electron chi connectivity index (χ2n) is 29.3. The van der Waals surface area contributed by atoms with Gasteiger partial charge in [0.2, 0.25) is 0 Å². The minimum absolute atomic E-state index is 0.0165. The van der Waals surface area contributed by atoms with Crippen LogP contribution in [0.15, 0.2) is 177 Å². The predicted molar refractivity (Wildman–Crippen MR) is 429 cm³/mol. The molecule has 20 nitrogen and oxygen atoms in total. The minimum atomic E-state index is -3.90.